The van der Waals surface area contributed by atoms with Crippen LogP contribution in [0, 0.1) is 0 Å². The molecule has 6 nitrogen and oxygen atoms in total. The molecule has 1 heterocycles. The molecule has 39 heavy (non-hydrogen) atoms. The molecule has 204 valence electrons. The normalized spacial score (nSPS) is 11.8. The van der Waals surface area contributed by atoms with Gasteiger partial charge in [0, 0.05) is 29.2 Å². The van der Waals surface area contributed by atoms with E-state index in [9.17, 15) is 14.7 Å². The van der Waals surface area contributed by atoms with Gasteiger partial charge in [0.05, 0.1) is 11.6 Å². The lowest BCUT2D eigenvalue weighted by molar-refractivity contribution is 0.0696. The van der Waals surface area contributed by atoms with Crippen LogP contribution in [0.2, 0.25) is 0 Å². The lowest BCUT2D eigenvalue weighted by atomic mass is 10.0. The van der Waals surface area contributed by atoms with Crippen molar-refractivity contribution in [3.63, 3.8) is 0 Å². The fraction of sp³-hybridized carbons (Fsp3) is 0.333. The fourth-order valence-electron chi connectivity index (χ4n) is 4.79. The molecule has 0 saturated heterocycles. The molecule has 0 bridgehead atoms. The predicted octanol–water partition coefficient (Wildman–Crippen LogP) is 7.12. The summed E-state index contributed by atoms with van der Waals surface area (Å²) in [5.74, 6) is -0.351. The van der Waals surface area contributed by atoms with Gasteiger partial charge in [-0.05, 0) is 66.9 Å². The molecular formula is C33H38N2O4. The number of carbonyl (C=O) groups excluding carboxylic acids is 1. The number of benzene rings is 3. The molecule has 1 atom stereocenters. The van der Waals surface area contributed by atoms with Gasteiger partial charge in [-0.3, -0.25) is 4.79 Å². The van der Waals surface area contributed by atoms with Crippen LogP contribution in [-0.2, 0) is 13.0 Å². The third-order valence-electron chi connectivity index (χ3n) is 7.00. The van der Waals surface area contributed by atoms with Gasteiger partial charge in [-0.15, -0.1) is 0 Å². The lowest BCUT2D eigenvalue weighted by Crippen LogP contribution is -2.42. The number of rotatable bonds is 15. The minimum Gasteiger partial charge on any atom is -0.491 e. The molecule has 4 rings (SSSR count). The zero-order valence-electron chi connectivity index (χ0n) is 22.6. The Labute approximate surface area is 230 Å². The summed E-state index contributed by atoms with van der Waals surface area (Å²) in [5.41, 5.74) is 3.05. The maximum atomic E-state index is 13.0. The minimum atomic E-state index is -0.955. The summed E-state index contributed by atoms with van der Waals surface area (Å²) in [6.07, 6.45) is 10.7. The van der Waals surface area contributed by atoms with Crippen molar-refractivity contribution in [2.45, 2.75) is 64.5 Å². The Hall–Kier alpha value is -4.06. The average Bonchev–Trinajstić information content (AvgIpc) is 3.36. The fourth-order valence-corrected chi connectivity index (χ4v) is 4.79. The number of carbonyl (C=O) groups is 2. The Morgan fingerprint density at radius 2 is 1.62 bits per heavy atom. The molecule has 0 radical (unpaired) electrons. The molecule has 6 heteroatoms. The first-order valence-corrected chi connectivity index (χ1v) is 13.9. The topological polar surface area (TPSA) is 80.6 Å². The highest BCUT2D eigenvalue weighted by atomic mass is 16.5. The zero-order chi connectivity index (χ0) is 27.5. The molecule has 2 N–H and O–H groups in total. The van der Waals surface area contributed by atoms with E-state index < -0.39 is 5.97 Å². The molecule has 0 aliphatic rings. The first kappa shape index (κ1) is 28.0. The summed E-state index contributed by atoms with van der Waals surface area (Å²) in [6.45, 7) is 3.01. The minimum absolute atomic E-state index is 0.164. The van der Waals surface area contributed by atoms with Gasteiger partial charge in [0.15, 0.2) is 0 Å². The van der Waals surface area contributed by atoms with Gasteiger partial charge in [0.1, 0.15) is 12.4 Å². The standard InChI is InChI=1S/C33H38N2O4/c1-2-3-4-5-6-8-11-25-14-17-30(18-15-25)39-24-29(34-32(36)26-12-9-7-10-13-26)23-35-21-20-27-22-28(33(37)38)16-19-31(27)35/h7,9-10,12-22,29H,2-6,8,11,23-24H2,1H3,(H,34,36)(H,37,38). The van der Waals surface area contributed by atoms with E-state index in [1.165, 1.54) is 44.1 Å². The van der Waals surface area contributed by atoms with Crippen molar-refractivity contribution in [3.05, 3.63) is 102 Å². The smallest absolute Gasteiger partial charge is 0.335 e. The second-order valence-corrected chi connectivity index (χ2v) is 10.1. The molecule has 0 fully saturated rings. The predicted molar refractivity (Wildman–Crippen MR) is 156 cm³/mol. The number of unbranched alkanes of at least 4 members (excludes halogenated alkanes) is 5. The second kappa shape index (κ2) is 14.2. The van der Waals surface area contributed by atoms with Crippen molar-refractivity contribution in [2.75, 3.05) is 6.61 Å². The molecule has 0 saturated carbocycles. The zero-order valence-corrected chi connectivity index (χ0v) is 22.6. The largest absolute Gasteiger partial charge is 0.491 e. The Morgan fingerprint density at radius 3 is 2.36 bits per heavy atom. The number of carboxylic acids is 1. The van der Waals surface area contributed by atoms with E-state index in [0.29, 0.717) is 18.7 Å². The number of aryl methyl sites for hydroxylation is 1. The number of nitrogens with one attached hydrogen (secondary N) is 1. The quantitative estimate of drug-likeness (QED) is 0.162. The highest BCUT2D eigenvalue weighted by Gasteiger charge is 2.17. The van der Waals surface area contributed by atoms with E-state index in [1.807, 2.05) is 47.2 Å². The van der Waals surface area contributed by atoms with Gasteiger partial charge in [-0.2, -0.15) is 0 Å². The number of carboxylic acid groups (broad SMARTS) is 1. The van der Waals surface area contributed by atoms with Crippen molar-refractivity contribution in [1.82, 2.24) is 9.88 Å². The van der Waals surface area contributed by atoms with Crippen molar-refractivity contribution in [3.8, 4) is 5.75 Å². The molecule has 1 aromatic heterocycles. The molecule has 0 aliphatic heterocycles. The van der Waals surface area contributed by atoms with Gasteiger partial charge in [-0.1, -0.05) is 69.4 Å². The summed E-state index contributed by atoms with van der Waals surface area (Å²) in [6, 6.07) is 24.0. The van der Waals surface area contributed by atoms with Gasteiger partial charge >= 0.3 is 5.97 Å². The maximum absolute atomic E-state index is 13.0. The van der Waals surface area contributed by atoms with Crippen molar-refractivity contribution in [2.24, 2.45) is 0 Å². The highest BCUT2D eigenvalue weighted by molar-refractivity contribution is 5.94. The van der Waals surface area contributed by atoms with Crippen LogP contribution < -0.4 is 10.1 Å². The number of amides is 1. The van der Waals surface area contributed by atoms with E-state index >= 15 is 0 Å². The SMILES string of the molecule is CCCCCCCCc1ccc(OCC(Cn2ccc3cc(C(=O)O)ccc32)NC(=O)c2ccccc2)cc1. The second-order valence-electron chi connectivity index (χ2n) is 10.1. The van der Waals surface area contributed by atoms with Gasteiger partial charge in [-0.25, -0.2) is 4.79 Å². The van der Waals surface area contributed by atoms with Gasteiger partial charge < -0.3 is 19.7 Å². The number of aromatic nitrogens is 1. The molecule has 1 amide bonds. The molecule has 0 spiro atoms. The molecule has 4 aromatic rings. The third-order valence-corrected chi connectivity index (χ3v) is 7.00. The maximum Gasteiger partial charge on any atom is 0.335 e. The van der Waals surface area contributed by atoms with Crippen molar-refractivity contribution >= 4 is 22.8 Å². The van der Waals surface area contributed by atoms with Gasteiger partial charge in [0.2, 0.25) is 0 Å². The van der Waals surface area contributed by atoms with Crippen LogP contribution >= 0.6 is 0 Å². The highest BCUT2D eigenvalue weighted by Crippen LogP contribution is 2.20. The lowest BCUT2D eigenvalue weighted by Gasteiger charge is -2.21. The molecule has 1 unspecified atom stereocenters. The summed E-state index contributed by atoms with van der Waals surface area (Å²) in [7, 11) is 0. The van der Waals surface area contributed by atoms with Crippen LogP contribution in [0.5, 0.6) is 5.75 Å². The number of ether oxygens (including phenoxy) is 1. The Kier molecular flexibility index (Phi) is 10.2. The van der Waals surface area contributed by atoms with Crippen LogP contribution in [0.1, 0.15) is 71.7 Å². The van der Waals surface area contributed by atoms with E-state index in [0.717, 1.165) is 23.1 Å². The van der Waals surface area contributed by atoms with E-state index in [4.69, 9.17) is 4.74 Å². The summed E-state index contributed by atoms with van der Waals surface area (Å²) >= 11 is 0. The number of hydrogen-bond acceptors (Lipinski definition) is 3. The van der Waals surface area contributed by atoms with Crippen LogP contribution in [0.3, 0.4) is 0 Å². The van der Waals surface area contributed by atoms with Crippen LogP contribution in [0.15, 0.2) is 85.1 Å². The van der Waals surface area contributed by atoms with E-state index in [2.05, 4.69) is 24.4 Å². The van der Waals surface area contributed by atoms with Crippen molar-refractivity contribution < 1.29 is 19.4 Å². The van der Waals surface area contributed by atoms with Crippen LogP contribution in [-0.4, -0.2) is 34.2 Å². The summed E-state index contributed by atoms with van der Waals surface area (Å²) in [5, 5.41) is 13.3. The Morgan fingerprint density at radius 1 is 0.872 bits per heavy atom. The monoisotopic (exact) mass is 526 g/mol. The Balaban J connectivity index is 1.40. The summed E-state index contributed by atoms with van der Waals surface area (Å²) < 4.78 is 8.15. The third kappa shape index (κ3) is 8.21. The number of fused-ring (bicyclic) bond motifs is 1. The number of hydrogen-bond donors (Lipinski definition) is 2. The molecule has 3 aromatic carbocycles. The average molecular weight is 527 g/mol. The number of aromatic carboxylic acids is 1. The van der Waals surface area contributed by atoms with Crippen LogP contribution in [0.25, 0.3) is 10.9 Å². The van der Waals surface area contributed by atoms with Crippen LogP contribution in [0.4, 0.5) is 0 Å². The molecular weight excluding hydrogens is 488 g/mol. The summed E-state index contributed by atoms with van der Waals surface area (Å²) in [4.78, 5) is 24.3. The van der Waals surface area contributed by atoms with Gasteiger partial charge in [0.25, 0.3) is 5.91 Å². The number of nitrogens with zero attached hydrogens (tertiary/aromatic N) is 1. The Bertz CT molecular complexity index is 1350. The first-order chi connectivity index (χ1) is 19.0. The van der Waals surface area contributed by atoms with Crippen molar-refractivity contribution in [1.29, 1.82) is 0 Å². The van der Waals surface area contributed by atoms with E-state index in [1.54, 1.807) is 30.3 Å². The molecule has 0 aliphatic carbocycles. The van der Waals surface area contributed by atoms with E-state index in [-0.39, 0.29) is 17.5 Å². The first-order valence-electron chi connectivity index (χ1n) is 13.9.